The zero-order valence-corrected chi connectivity index (χ0v) is 21.1. The quantitative estimate of drug-likeness (QED) is 0.421. The molecule has 0 radical (unpaired) electrons. The summed E-state index contributed by atoms with van der Waals surface area (Å²) >= 11 is 1.54. The molecule has 0 spiro atoms. The number of nitrogens with one attached hydrogen (secondary N) is 1. The summed E-state index contributed by atoms with van der Waals surface area (Å²) in [6.45, 7) is 1.33. The van der Waals surface area contributed by atoms with Crippen LogP contribution in [0.15, 0.2) is 59.2 Å². The van der Waals surface area contributed by atoms with Gasteiger partial charge < -0.3 is 29.7 Å². The number of thioether (sulfide) groups is 1. The molecule has 2 aromatic carbocycles. The number of hydrogen-bond acceptors (Lipinski definition) is 8. The minimum Gasteiger partial charge on any atom is -0.504 e. The SMILES string of the molecule is COc1cc(/C=C/C(=O)CC2=CC(c3ccc(O)c(OC)c3)SC(=NCC3CCCO3)N2)ccc1O. The van der Waals surface area contributed by atoms with Crippen LogP contribution in [-0.2, 0) is 9.53 Å². The molecule has 190 valence electrons. The summed E-state index contributed by atoms with van der Waals surface area (Å²) < 4.78 is 16.1. The average Bonchev–Trinajstić information content (AvgIpc) is 3.41. The van der Waals surface area contributed by atoms with Crippen molar-refractivity contribution in [1.29, 1.82) is 0 Å². The van der Waals surface area contributed by atoms with Crippen molar-refractivity contribution < 1.29 is 29.2 Å². The molecule has 0 aliphatic carbocycles. The Hall–Kier alpha value is -3.43. The first kappa shape index (κ1) is 25.7. The molecule has 0 aromatic heterocycles. The second-order valence-corrected chi connectivity index (χ2v) is 9.61. The molecule has 2 aromatic rings. The summed E-state index contributed by atoms with van der Waals surface area (Å²) in [5.74, 6) is 0.762. The lowest BCUT2D eigenvalue weighted by Crippen LogP contribution is -2.27. The summed E-state index contributed by atoms with van der Waals surface area (Å²) in [7, 11) is 2.99. The van der Waals surface area contributed by atoms with Gasteiger partial charge in [-0.05, 0) is 60.4 Å². The van der Waals surface area contributed by atoms with Crippen LogP contribution < -0.4 is 14.8 Å². The van der Waals surface area contributed by atoms with Gasteiger partial charge in [0.2, 0.25) is 0 Å². The third-order valence-electron chi connectivity index (χ3n) is 5.88. The maximum atomic E-state index is 12.8. The number of allylic oxidation sites excluding steroid dienone is 2. The highest BCUT2D eigenvalue weighted by molar-refractivity contribution is 8.14. The number of carbonyl (C=O) groups is 1. The molecule has 2 aliphatic heterocycles. The normalized spacial score (nSPS) is 20.8. The third-order valence-corrected chi connectivity index (χ3v) is 7.00. The van der Waals surface area contributed by atoms with Gasteiger partial charge in [0.05, 0.1) is 38.5 Å². The van der Waals surface area contributed by atoms with Crippen molar-refractivity contribution in [3.8, 4) is 23.0 Å². The number of aliphatic imine (C=N–C) groups is 1. The summed E-state index contributed by atoms with van der Waals surface area (Å²) in [4.78, 5) is 17.5. The second kappa shape index (κ2) is 12.0. The molecular formula is C27H30N2O6S. The number of hydrogen-bond donors (Lipinski definition) is 3. The van der Waals surface area contributed by atoms with Gasteiger partial charge in [-0.3, -0.25) is 9.79 Å². The number of nitrogens with zero attached hydrogens (tertiary/aromatic N) is 1. The molecule has 2 unspecified atom stereocenters. The van der Waals surface area contributed by atoms with Gasteiger partial charge in [0.1, 0.15) is 0 Å². The highest BCUT2D eigenvalue weighted by Gasteiger charge is 2.23. The fourth-order valence-corrected chi connectivity index (χ4v) is 5.06. The molecule has 0 amide bonds. The molecule has 4 rings (SSSR count). The first-order valence-corrected chi connectivity index (χ1v) is 12.6. The van der Waals surface area contributed by atoms with E-state index in [1.165, 1.54) is 26.4 Å². The Labute approximate surface area is 214 Å². The van der Waals surface area contributed by atoms with Gasteiger partial charge >= 0.3 is 0 Å². The number of methoxy groups -OCH3 is 2. The van der Waals surface area contributed by atoms with Crippen LogP contribution in [-0.4, -0.2) is 54.6 Å². The summed E-state index contributed by atoms with van der Waals surface area (Å²) in [6.07, 6.45) is 7.52. The Morgan fingerprint density at radius 2 is 1.92 bits per heavy atom. The van der Waals surface area contributed by atoms with Gasteiger partial charge in [-0.25, -0.2) is 0 Å². The largest absolute Gasteiger partial charge is 0.504 e. The van der Waals surface area contributed by atoms with E-state index in [9.17, 15) is 15.0 Å². The fraction of sp³-hybridized carbons (Fsp3) is 0.333. The van der Waals surface area contributed by atoms with E-state index in [4.69, 9.17) is 19.2 Å². The van der Waals surface area contributed by atoms with Crippen LogP contribution in [0.25, 0.3) is 6.08 Å². The number of aromatic hydroxyl groups is 2. The lowest BCUT2D eigenvalue weighted by molar-refractivity contribution is -0.114. The van der Waals surface area contributed by atoms with Gasteiger partial charge in [-0.15, -0.1) is 0 Å². The number of phenols is 2. The maximum absolute atomic E-state index is 12.8. The first-order chi connectivity index (χ1) is 17.4. The van der Waals surface area contributed by atoms with Gasteiger partial charge in [0, 0.05) is 12.3 Å². The summed E-state index contributed by atoms with van der Waals surface area (Å²) in [5, 5.41) is 23.7. The van der Waals surface area contributed by atoms with Crippen molar-refractivity contribution in [3.63, 3.8) is 0 Å². The molecule has 36 heavy (non-hydrogen) atoms. The molecule has 0 saturated carbocycles. The van der Waals surface area contributed by atoms with Gasteiger partial charge in [0.25, 0.3) is 0 Å². The molecule has 2 atom stereocenters. The minimum absolute atomic E-state index is 0.0433. The predicted molar refractivity (Wildman–Crippen MR) is 141 cm³/mol. The standard InChI is InChI=1S/C27H30N2O6S/c1-33-24-12-17(6-9-22(24)31)5-8-20(30)14-19-15-26(18-7-10-23(32)25(13-18)34-2)36-27(29-19)28-16-21-4-3-11-35-21/h5-10,12-13,15,21,26,31-32H,3-4,11,14,16H2,1-2H3,(H,28,29)/b8-5+. The Bertz CT molecular complexity index is 1190. The van der Waals surface area contributed by atoms with E-state index in [0.717, 1.165) is 41.4 Å². The zero-order valence-electron chi connectivity index (χ0n) is 20.3. The minimum atomic E-state index is -0.114. The van der Waals surface area contributed by atoms with E-state index in [0.29, 0.717) is 18.0 Å². The first-order valence-electron chi connectivity index (χ1n) is 11.7. The Morgan fingerprint density at radius 1 is 1.17 bits per heavy atom. The molecular weight excluding hydrogens is 480 g/mol. The number of phenolic OH excluding ortho intramolecular Hbond substituents is 2. The van der Waals surface area contributed by atoms with E-state index in [1.54, 1.807) is 42.1 Å². The molecule has 1 fully saturated rings. The number of ether oxygens (including phenoxy) is 3. The van der Waals surface area contributed by atoms with Crippen molar-refractivity contribution in [2.45, 2.75) is 30.6 Å². The Morgan fingerprint density at radius 3 is 2.64 bits per heavy atom. The molecule has 3 N–H and O–H groups in total. The lowest BCUT2D eigenvalue weighted by atomic mass is 10.1. The van der Waals surface area contributed by atoms with E-state index in [2.05, 4.69) is 5.32 Å². The third kappa shape index (κ3) is 6.61. The zero-order chi connectivity index (χ0) is 25.5. The van der Waals surface area contributed by atoms with Crippen LogP contribution in [0.2, 0.25) is 0 Å². The molecule has 8 nitrogen and oxygen atoms in total. The van der Waals surface area contributed by atoms with Gasteiger partial charge in [0.15, 0.2) is 33.9 Å². The Kier molecular flexibility index (Phi) is 8.56. The lowest BCUT2D eigenvalue weighted by Gasteiger charge is -2.24. The van der Waals surface area contributed by atoms with Gasteiger partial charge in [-0.1, -0.05) is 30.0 Å². The highest BCUT2D eigenvalue weighted by atomic mass is 32.2. The van der Waals surface area contributed by atoms with E-state index in [1.807, 2.05) is 12.1 Å². The van der Waals surface area contributed by atoms with E-state index >= 15 is 0 Å². The average molecular weight is 511 g/mol. The molecule has 1 saturated heterocycles. The fourth-order valence-electron chi connectivity index (χ4n) is 3.97. The van der Waals surface area contributed by atoms with Crippen molar-refractivity contribution in [2.24, 2.45) is 4.99 Å². The monoisotopic (exact) mass is 510 g/mol. The molecule has 0 bridgehead atoms. The van der Waals surface area contributed by atoms with E-state index in [-0.39, 0.29) is 35.1 Å². The van der Waals surface area contributed by atoms with Crippen LogP contribution in [0.1, 0.15) is 35.6 Å². The van der Waals surface area contributed by atoms with Crippen molar-refractivity contribution in [2.75, 3.05) is 27.4 Å². The molecule has 2 aliphatic rings. The van der Waals surface area contributed by atoms with Crippen molar-refractivity contribution in [3.05, 3.63) is 65.4 Å². The van der Waals surface area contributed by atoms with Crippen molar-refractivity contribution >= 4 is 28.8 Å². The number of carbonyl (C=O) groups excluding carboxylic acids is 1. The number of amidine groups is 1. The smallest absolute Gasteiger partial charge is 0.161 e. The topological polar surface area (TPSA) is 110 Å². The van der Waals surface area contributed by atoms with Crippen LogP contribution in [0, 0.1) is 0 Å². The predicted octanol–water partition coefficient (Wildman–Crippen LogP) is 4.58. The Balaban J connectivity index is 1.52. The van der Waals surface area contributed by atoms with Crippen LogP contribution >= 0.6 is 11.8 Å². The van der Waals surface area contributed by atoms with E-state index < -0.39 is 0 Å². The van der Waals surface area contributed by atoms with Crippen LogP contribution in [0.5, 0.6) is 23.0 Å². The molecule has 9 heteroatoms. The second-order valence-electron chi connectivity index (χ2n) is 8.48. The van der Waals surface area contributed by atoms with Gasteiger partial charge in [-0.2, -0.15) is 0 Å². The highest BCUT2D eigenvalue weighted by Crippen LogP contribution is 2.39. The van der Waals surface area contributed by atoms with Crippen LogP contribution in [0.4, 0.5) is 0 Å². The van der Waals surface area contributed by atoms with Crippen molar-refractivity contribution in [1.82, 2.24) is 5.32 Å². The number of benzene rings is 2. The summed E-state index contributed by atoms with van der Waals surface area (Å²) in [5.41, 5.74) is 2.42. The van der Waals surface area contributed by atoms with Crippen LogP contribution in [0.3, 0.4) is 0 Å². The maximum Gasteiger partial charge on any atom is 0.161 e. The number of ketones is 1. The number of rotatable bonds is 9. The molecule has 2 heterocycles. The summed E-state index contributed by atoms with van der Waals surface area (Å²) in [6, 6.07) is 10.1.